The average molecular weight is 187 g/mol. The molecule has 0 aliphatic heterocycles. The van der Waals surface area contributed by atoms with E-state index in [0.29, 0.717) is 5.56 Å². The monoisotopic (exact) mass is 187 g/mol. The molecule has 5 heteroatoms. The van der Waals surface area contributed by atoms with Gasteiger partial charge in [-0.15, -0.1) is 0 Å². The Morgan fingerprint density at radius 3 is 2.31 bits per heavy atom. The van der Waals surface area contributed by atoms with Crippen molar-refractivity contribution in [1.82, 2.24) is 0 Å². The Kier molecular flexibility index (Phi) is 4.61. The van der Waals surface area contributed by atoms with Gasteiger partial charge in [0.05, 0.1) is 0 Å². The van der Waals surface area contributed by atoms with Crippen LogP contribution < -0.4 is 0 Å². The smallest absolute Gasteiger partial charge is 0.260 e. The summed E-state index contributed by atoms with van der Waals surface area (Å²) < 4.78 is 0. The highest BCUT2D eigenvalue weighted by atomic mass is 19.0. The molecule has 0 saturated heterocycles. The van der Waals surface area contributed by atoms with Crippen molar-refractivity contribution in [3.63, 3.8) is 0 Å². The lowest BCUT2D eigenvalue weighted by molar-refractivity contribution is -0.532. The second kappa shape index (κ2) is 5.21. The molecule has 4 nitrogen and oxygen atoms in total. The summed E-state index contributed by atoms with van der Waals surface area (Å²) in [4.78, 5) is 9.89. The molecule has 0 saturated carbocycles. The molecule has 1 N–H and O–H groups in total. The van der Waals surface area contributed by atoms with Crippen LogP contribution in [0.3, 0.4) is 0 Å². The van der Waals surface area contributed by atoms with Gasteiger partial charge in [0.15, 0.2) is 0 Å². The molecule has 0 radical (unpaired) electrons. The molecule has 1 aromatic carbocycles. The summed E-state index contributed by atoms with van der Waals surface area (Å²) in [5, 5.41) is 19.1. The van der Waals surface area contributed by atoms with Gasteiger partial charge < -0.3 is 5.11 Å². The van der Waals surface area contributed by atoms with Crippen molar-refractivity contribution in [2.75, 3.05) is 6.61 Å². The zero-order valence-electron chi connectivity index (χ0n) is 6.79. The van der Waals surface area contributed by atoms with Crippen molar-refractivity contribution >= 4 is 0 Å². The maximum absolute atomic E-state index is 10.4. The molecule has 1 aromatic rings. The van der Waals surface area contributed by atoms with Crippen molar-refractivity contribution in [2.24, 2.45) is 0 Å². The van der Waals surface area contributed by atoms with Crippen LogP contribution in [0.4, 0.5) is 4.70 Å². The van der Waals surface area contributed by atoms with E-state index < -0.39 is 17.6 Å². The van der Waals surface area contributed by atoms with Gasteiger partial charge in [-0.05, 0) is 0 Å². The predicted molar refractivity (Wildman–Crippen MR) is 45.8 cm³/mol. The number of halogens is 1. The molecule has 0 heterocycles. The molecule has 1 unspecified atom stereocenters. The summed E-state index contributed by atoms with van der Waals surface area (Å²) in [7, 11) is 0. The quantitative estimate of drug-likeness (QED) is 0.570. The third-order valence-corrected chi connectivity index (χ3v) is 1.61. The number of aliphatic hydroxyl groups is 1. The number of nitrogens with zero attached hydrogens (tertiary/aromatic N) is 1. The van der Waals surface area contributed by atoms with E-state index >= 15 is 0 Å². The van der Waals surface area contributed by atoms with Crippen LogP contribution in [0.25, 0.3) is 0 Å². The zero-order valence-corrected chi connectivity index (χ0v) is 6.79. The van der Waals surface area contributed by atoms with Gasteiger partial charge >= 0.3 is 0 Å². The fourth-order valence-electron chi connectivity index (χ4n) is 0.969. The maximum Gasteiger partial charge on any atom is 0.260 e. The van der Waals surface area contributed by atoms with Crippen LogP contribution in [0.5, 0.6) is 0 Å². The maximum atomic E-state index is 10.4. The van der Waals surface area contributed by atoms with Crippen LogP contribution >= 0.6 is 0 Å². The van der Waals surface area contributed by atoms with Crippen LogP contribution in [-0.2, 0) is 0 Å². The van der Waals surface area contributed by atoms with Gasteiger partial charge in [0.25, 0.3) is 6.04 Å². The summed E-state index contributed by atoms with van der Waals surface area (Å²) in [5.41, 5.74) is 0.532. The Morgan fingerprint density at radius 2 is 1.92 bits per heavy atom. The molecule has 0 aliphatic rings. The minimum absolute atomic E-state index is 0. The van der Waals surface area contributed by atoms with Crippen molar-refractivity contribution in [3.05, 3.63) is 46.0 Å². The Morgan fingerprint density at radius 1 is 1.38 bits per heavy atom. The zero-order chi connectivity index (χ0) is 8.97. The van der Waals surface area contributed by atoms with Crippen LogP contribution in [0.15, 0.2) is 30.3 Å². The van der Waals surface area contributed by atoms with E-state index in [4.69, 9.17) is 5.11 Å². The summed E-state index contributed by atoms with van der Waals surface area (Å²) in [6.45, 7) is -0.461. The third kappa shape index (κ3) is 2.79. The van der Waals surface area contributed by atoms with Crippen molar-refractivity contribution < 1.29 is 14.7 Å². The van der Waals surface area contributed by atoms with Crippen LogP contribution in [-0.4, -0.2) is 16.6 Å². The summed E-state index contributed by atoms with van der Waals surface area (Å²) >= 11 is 0. The van der Waals surface area contributed by atoms with Crippen molar-refractivity contribution in [1.29, 1.82) is 0 Å². The topological polar surface area (TPSA) is 63.4 Å². The highest BCUT2D eigenvalue weighted by Gasteiger charge is 2.20. The van der Waals surface area contributed by atoms with Crippen LogP contribution in [0.1, 0.15) is 11.6 Å². The number of rotatable bonds is 3. The number of hydrogen-bond acceptors (Lipinski definition) is 3. The molecule has 0 fully saturated rings. The summed E-state index contributed by atoms with van der Waals surface area (Å²) in [5.74, 6) is 0. The second-order valence-electron chi connectivity index (χ2n) is 2.39. The van der Waals surface area contributed by atoms with Crippen LogP contribution in [0.2, 0.25) is 0 Å². The average Bonchev–Trinajstić information content (AvgIpc) is 2.07. The van der Waals surface area contributed by atoms with E-state index in [2.05, 4.69) is 0 Å². The van der Waals surface area contributed by atoms with Crippen LogP contribution in [0, 0.1) is 10.1 Å². The van der Waals surface area contributed by atoms with E-state index in [9.17, 15) is 10.1 Å². The molecule has 13 heavy (non-hydrogen) atoms. The number of benzene rings is 1. The lowest BCUT2D eigenvalue weighted by Crippen LogP contribution is -2.14. The largest absolute Gasteiger partial charge is 0.389 e. The molecule has 1 rings (SSSR count). The first-order valence-electron chi connectivity index (χ1n) is 3.55. The van der Waals surface area contributed by atoms with E-state index in [1.807, 2.05) is 0 Å². The molecular weight excluding hydrogens is 177 g/mol. The number of nitro groups is 1. The van der Waals surface area contributed by atoms with Gasteiger partial charge in [-0.1, -0.05) is 30.3 Å². The highest BCUT2D eigenvalue weighted by molar-refractivity contribution is 5.17. The number of hydrogen-bond donors (Lipinski definition) is 1. The molecule has 72 valence electrons. The van der Waals surface area contributed by atoms with Crippen molar-refractivity contribution in [3.8, 4) is 0 Å². The fraction of sp³-hybridized carbons (Fsp3) is 0.250. The Bertz CT molecular complexity index is 265. The first-order chi connectivity index (χ1) is 5.75. The second-order valence-corrected chi connectivity index (χ2v) is 2.39. The first kappa shape index (κ1) is 11.5. The van der Waals surface area contributed by atoms with E-state index in [-0.39, 0.29) is 4.70 Å². The fourth-order valence-corrected chi connectivity index (χ4v) is 0.969. The predicted octanol–water partition coefficient (Wildman–Crippen LogP) is 1.15. The van der Waals surface area contributed by atoms with Crippen molar-refractivity contribution in [2.45, 2.75) is 6.04 Å². The molecule has 0 aromatic heterocycles. The molecular formula is C8H10FNO3. The van der Waals surface area contributed by atoms with E-state index in [1.165, 1.54) is 0 Å². The van der Waals surface area contributed by atoms with Gasteiger partial charge in [0.2, 0.25) is 0 Å². The van der Waals surface area contributed by atoms with Gasteiger partial charge in [0, 0.05) is 10.5 Å². The van der Waals surface area contributed by atoms with Gasteiger partial charge in [0.1, 0.15) is 6.61 Å². The lowest BCUT2D eigenvalue weighted by Gasteiger charge is -2.04. The Labute approximate surface area is 74.3 Å². The minimum Gasteiger partial charge on any atom is -0.389 e. The Balaban J connectivity index is 0.00000144. The van der Waals surface area contributed by atoms with Gasteiger partial charge in [-0.25, -0.2) is 0 Å². The molecule has 0 amide bonds. The molecule has 1 atom stereocenters. The first-order valence-corrected chi connectivity index (χ1v) is 3.55. The minimum atomic E-state index is -0.994. The third-order valence-electron chi connectivity index (χ3n) is 1.61. The Hall–Kier alpha value is -1.49. The number of aliphatic hydroxyl groups excluding tert-OH is 1. The summed E-state index contributed by atoms with van der Waals surface area (Å²) in [6.07, 6.45) is 0. The van der Waals surface area contributed by atoms with E-state index in [0.717, 1.165) is 0 Å². The van der Waals surface area contributed by atoms with Gasteiger partial charge in [-0.3, -0.25) is 14.8 Å². The standard InChI is InChI=1S/C8H9NO3.FH/c10-6-8(9(11)12)7-4-2-1-3-5-7;/h1-5,8,10H,6H2;1H. The molecule has 0 spiro atoms. The normalized spacial score (nSPS) is 11.5. The SMILES string of the molecule is F.O=[N+]([O-])C(CO)c1ccccc1. The lowest BCUT2D eigenvalue weighted by atomic mass is 10.1. The van der Waals surface area contributed by atoms with E-state index in [1.54, 1.807) is 30.3 Å². The highest BCUT2D eigenvalue weighted by Crippen LogP contribution is 2.14. The molecule has 0 bridgehead atoms. The summed E-state index contributed by atoms with van der Waals surface area (Å²) in [6, 6.07) is 7.46. The molecule has 0 aliphatic carbocycles. The van der Waals surface area contributed by atoms with Gasteiger partial charge in [-0.2, -0.15) is 0 Å².